The van der Waals surface area contributed by atoms with Gasteiger partial charge in [-0.3, -0.25) is 9.48 Å². The second-order valence-corrected chi connectivity index (χ2v) is 5.37. The highest BCUT2D eigenvalue weighted by Gasteiger charge is 2.35. The molecule has 1 amide bonds. The molecular weight excluding hydrogens is 228 g/mol. The fourth-order valence-corrected chi connectivity index (χ4v) is 2.08. The van der Waals surface area contributed by atoms with Crippen LogP contribution in [-0.2, 0) is 6.54 Å². The summed E-state index contributed by atoms with van der Waals surface area (Å²) in [5.74, 6) is 0.444. The molecule has 18 heavy (non-hydrogen) atoms. The SMILES string of the molecule is CCn1cc(N)c(C(=O)N(CC(C)C)C2CC2)n1. The van der Waals surface area contributed by atoms with Gasteiger partial charge in [-0.1, -0.05) is 13.8 Å². The molecule has 2 rings (SSSR count). The zero-order valence-electron chi connectivity index (χ0n) is 11.4. The van der Waals surface area contributed by atoms with E-state index in [-0.39, 0.29) is 5.91 Å². The summed E-state index contributed by atoms with van der Waals surface area (Å²) >= 11 is 0. The van der Waals surface area contributed by atoms with Gasteiger partial charge in [-0.2, -0.15) is 5.10 Å². The molecule has 0 aliphatic heterocycles. The summed E-state index contributed by atoms with van der Waals surface area (Å²) < 4.78 is 1.71. The molecule has 0 radical (unpaired) electrons. The molecule has 1 fully saturated rings. The standard InChI is InChI=1S/C13H22N4O/c1-4-16-8-11(14)12(15-16)13(18)17(7-9(2)3)10-5-6-10/h8-10H,4-7,14H2,1-3H3. The van der Waals surface area contributed by atoms with Gasteiger partial charge in [0, 0.05) is 25.3 Å². The Morgan fingerprint density at radius 2 is 2.28 bits per heavy atom. The van der Waals surface area contributed by atoms with Crippen molar-refractivity contribution in [2.75, 3.05) is 12.3 Å². The minimum Gasteiger partial charge on any atom is -0.396 e. The summed E-state index contributed by atoms with van der Waals surface area (Å²) in [6.45, 7) is 7.73. The number of aryl methyl sites for hydroxylation is 1. The molecular formula is C13H22N4O. The Hall–Kier alpha value is -1.52. The third kappa shape index (κ3) is 2.66. The summed E-state index contributed by atoms with van der Waals surface area (Å²) in [6, 6.07) is 0.395. The molecule has 1 aliphatic rings. The van der Waals surface area contributed by atoms with E-state index in [1.165, 1.54) is 0 Å². The Labute approximate surface area is 108 Å². The molecule has 0 bridgehead atoms. The number of nitrogens with zero attached hydrogens (tertiary/aromatic N) is 3. The first kappa shape index (κ1) is 12.9. The Bertz CT molecular complexity index is 434. The van der Waals surface area contributed by atoms with Crippen LogP contribution in [0.2, 0.25) is 0 Å². The minimum atomic E-state index is -0.0177. The van der Waals surface area contributed by atoms with Crippen molar-refractivity contribution < 1.29 is 4.79 Å². The van der Waals surface area contributed by atoms with Gasteiger partial charge in [-0.05, 0) is 25.7 Å². The maximum absolute atomic E-state index is 12.5. The fourth-order valence-electron chi connectivity index (χ4n) is 2.08. The lowest BCUT2D eigenvalue weighted by atomic mass is 10.2. The normalized spacial score (nSPS) is 15.1. The minimum absolute atomic E-state index is 0.0177. The highest BCUT2D eigenvalue weighted by atomic mass is 16.2. The van der Waals surface area contributed by atoms with Gasteiger partial charge in [0.2, 0.25) is 0 Å². The van der Waals surface area contributed by atoms with Crippen molar-refractivity contribution in [3.8, 4) is 0 Å². The molecule has 0 spiro atoms. The van der Waals surface area contributed by atoms with Crippen molar-refractivity contribution >= 4 is 11.6 Å². The Morgan fingerprint density at radius 1 is 1.61 bits per heavy atom. The molecule has 0 saturated heterocycles. The number of nitrogen functional groups attached to an aromatic ring is 1. The van der Waals surface area contributed by atoms with Crippen molar-refractivity contribution in [2.24, 2.45) is 5.92 Å². The third-order valence-electron chi connectivity index (χ3n) is 3.13. The van der Waals surface area contributed by atoms with Crippen LogP contribution >= 0.6 is 0 Å². The van der Waals surface area contributed by atoms with Crippen LogP contribution in [0, 0.1) is 5.92 Å². The molecule has 5 nitrogen and oxygen atoms in total. The zero-order valence-corrected chi connectivity index (χ0v) is 11.4. The van der Waals surface area contributed by atoms with Crippen LogP contribution in [0.15, 0.2) is 6.20 Å². The maximum atomic E-state index is 12.5. The van der Waals surface area contributed by atoms with E-state index >= 15 is 0 Å². The molecule has 5 heteroatoms. The number of carbonyl (C=O) groups is 1. The molecule has 0 aromatic carbocycles. The van der Waals surface area contributed by atoms with Gasteiger partial charge in [0.15, 0.2) is 5.69 Å². The predicted molar refractivity (Wildman–Crippen MR) is 71.2 cm³/mol. The van der Waals surface area contributed by atoms with Crippen LogP contribution in [0.3, 0.4) is 0 Å². The van der Waals surface area contributed by atoms with Gasteiger partial charge >= 0.3 is 0 Å². The number of nitrogens with two attached hydrogens (primary N) is 1. The smallest absolute Gasteiger partial charge is 0.276 e. The lowest BCUT2D eigenvalue weighted by Gasteiger charge is -2.23. The van der Waals surface area contributed by atoms with E-state index in [2.05, 4.69) is 18.9 Å². The Kier molecular flexibility index (Phi) is 3.59. The topological polar surface area (TPSA) is 64.2 Å². The number of anilines is 1. The summed E-state index contributed by atoms with van der Waals surface area (Å²) in [5.41, 5.74) is 6.77. The summed E-state index contributed by atoms with van der Waals surface area (Å²) in [4.78, 5) is 14.4. The first-order chi connectivity index (χ1) is 8.52. The van der Waals surface area contributed by atoms with E-state index in [1.807, 2.05) is 11.8 Å². The molecule has 0 atom stereocenters. The zero-order chi connectivity index (χ0) is 13.3. The number of rotatable bonds is 5. The average molecular weight is 250 g/mol. The van der Waals surface area contributed by atoms with Gasteiger partial charge in [0.1, 0.15) is 0 Å². The van der Waals surface area contributed by atoms with Gasteiger partial charge in [0.05, 0.1) is 5.69 Å². The molecule has 1 aliphatic carbocycles. The van der Waals surface area contributed by atoms with Crippen LogP contribution in [0.1, 0.15) is 44.1 Å². The van der Waals surface area contributed by atoms with Gasteiger partial charge in [0.25, 0.3) is 5.91 Å². The summed E-state index contributed by atoms with van der Waals surface area (Å²) in [6.07, 6.45) is 3.94. The maximum Gasteiger partial charge on any atom is 0.276 e. The molecule has 1 saturated carbocycles. The second kappa shape index (κ2) is 5.00. The molecule has 0 unspecified atom stereocenters. The lowest BCUT2D eigenvalue weighted by molar-refractivity contribution is 0.0716. The van der Waals surface area contributed by atoms with Crippen LogP contribution in [0.4, 0.5) is 5.69 Å². The molecule has 1 heterocycles. The predicted octanol–water partition coefficient (Wildman–Crippen LogP) is 1.75. The molecule has 2 N–H and O–H groups in total. The molecule has 100 valence electrons. The van der Waals surface area contributed by atoms with E-state index in [4.69, 9.17) is 5.73 Å². The summed E-state index contributed by atoms with van der Waals surface area (Å²) in [7, 11) is 0. The van der Waals surface area contributed by atoms with Gasteiger partial charge in [-0.25, -0.2) is 0 Å². The number of hydrogen-bond donors (Lipinski definition) is 1. The van der Waals surface area contributed by atoms with Crippen molar-refractivity contribution in [3.63, 3.8) is 0 Å². The first-order valence-electron chi connectivity index (χ1n) is 6.66. The van der Waals surface area contributed by atoms with Crippen molar-refractivity contribution in [1.29, 1.82) is 0 Å². The lowest BCUT2D eigenvalue weighted by Crippen LogP contribution is -2.36. The number of amides is 1. The fraction of sp³-hybridized carbons (Fsp3) is 0.692. The molecule has 1 aromatic heterocycles. The second-order valence-electron chi connectivity index (χ2n) is 5.37. The van der Waals surface area contributed by atoms with E-state index in [0.29, 0.717) is 23.3 Å². The van der Waals surface area contributed by atoms with Crippen molar-refractivity contribution in [3.05, 3.63) is 11.9 Å². The average Bonchev–Trinajstić information content (AvgIpc) is 3.08. The monoisotopic (exact) mass is 250 g/mol. The Morgan fingerprint density at radius 3 is 2.72 bits per heavy atom. The van der Waals surface area contributed by atoms with Crippen LogP contribution in [0.5, 0.6) is 0 Å². The quantitative estimate of drug-likeness (QED) is 0.865. The van der Waals surface area contributed by atoms with E-state index in [0.717, 1.165) is 25.9 Å². The van der Waals surface area contributed by atoms with E-state index in [9.17, 15) is 4.79 Å². The largest absolute Gasteiger partial charge is 0.396 e. The summed E-state index contributed by atoms with van der Waals surface area (Å²) in [5, 5.41) is 4.27. The molecule has 1 aromatic rings. The van der Waals surface area contributed by atoms with Crippen LogP contribution < -0.4 is 5.73 Å². The van der Waals surface area contributed by atoms with E-state index in [1.54, 1.807) is 10.9 Å². The Balaban J connectivity index is 2.18. The van der Waals surface area contributed by atoms with Gasteiger partial charge < -0.3 is 10.6 Å². The van der Waals surface area contributed by atoms with Crippen molar-refractivity contribution in [1.82, 2.24) is 14.7 Å². The highest BCUT2D eigenvalue weighted by molar-refractivity contribution is 5.97. The highest BCUT2D eigenvalue weighted by Crippen LogP contribution is 2.29. The van der Waals surface area contributed by atoms with Crippen molar-refractivity contribution in [2.45, 2.75) is 46.2 Å². The number of hydrogen-bond acceptors (Lipinski definition) is 3. The van der Waals surface area contributed by atoms with Gasteiger partial charge in [-0.15, -0.1) is 0 Å². The third-order valence-corrected chi connectivity index (χ3v) is 3.13. The van der Waals surface area contributed by atoms with Crippen LogP contribution in [0.25, 0.3) is 0 Å². The first-order valence-corrected chi connectivity index (χ1v) is 6.66. The number of carbonyl (C=O) groups excluding carboxylic acids is 1. The number of aromatic nitrogens is 2. The van der Waals surface area contributed by atoms with Crippen LogP contribution in [-0.4, -0.2) is 33.2 Å². The van der Waals surface area contributed by atoms with E-state index < -0.39 is 0 Å².